The van der Waals surface area contributed by atoms with E-state index in [0.29, 0.717) is 18.1 Å². The van der Waals surface area contributed by atoms with Gasteiger partial charge in [0.25, 0.3) is 0 Å². The Hall–Kier alpha value is -2.64. The molecule has 0 atom stereocenters. The van der Waals surface area contributed by atoms with Gasteiger partial charge in [0, 0.05) is 12.5 Å². The average Bonchev–Trinajstić information content (AvgIpc) is 3.15. The molecule has 1 aromatic carbocycles. The second-order valence-corrected chi connectivity index (χ2v) is 6.57. The van der Waals surface area contributed by atoms with Crippen LogP contribution in [-0.4, -0.2) is 19.7 Å². The van der Waals surface area contributed by atoms with Crippen molar-refractivity contribution in [2.75, 3.05) is 0 Å². The van der Waals surface area contributed by atoms with Gasteiger partial charge in [0.05, 0.1) is 18.1 Å². The number of nitrogens with zero attached hydrogens (tertiary/aromatic N) is 4. The van der Waals surface area contributed by atoms with Crippen molar-refractivity contribution in [1.82, 2.24) is 19.7 Å². The standard InChI is InChI=1S/C17H17F3N4O/c1-16(2,8-11-4-6-12(7-5-11)17(18,19)20)15-22-14(23-25-15)13-9-21-10-24(13)3/h4-7,9-10H,8H2,1-3H3. The molecule has 0 amide bonds. The lowest BCUT2D eigenvalue weighted by molar-refractivity contribution is -0.137. The van der Waals surface area contributed by atoms with Crippen LogP contribution in [0.2, 0.25) is 0 Å². The Morgan fingerprint density at radius 2 is 1.80 bits per heavy atom. The van der Waals surface area contributed by atoms with Gasteiger partial charge in [0.2, 0.25) is 11.7 Å². The van der Waals surface area contributed by atoms with Crippen LogP contribution in [0.4, 0.5) is 13.2 Å². The maximum Gasteiger partial charge on any atom is 0.416 e. The molecular formula is C17H17F3N4O. The number of halogens is 3. The van der Waals surface area contributed by atoms with Crippen LogP contribution in [0.25, 0.3) is 11.5 Å². The molecule has 0 N–H and O–H groups in total. The van der Waals surface area contributed by atoms with Gasteiger partial charge in [-0.15, -0.1) is 0 Å². The van der Waals surface area contributed by atoms with Crippen molar-refractivity contribution in [3.63, 3.8) is 0 Å². The monoisotopic (exact) mass is 350 g/mol. The van der Waals surface area contributed by atoms with Gasteiger partial charge >= 0.3 is 6.18 Å². The number of rotatable bonds is 4. The lowest BCUT2D eigenvalue weighted by atomic mass is 9.85. The summed E-state index contributed by atoms with van der Waals surface area (Å²) in [6.07, 6.45) is -0.590. The molecule has 2 aromatic heterocycles. The summed E-state index contributed by atoms with van der Waals surface area (Å²) in [6, 6.07) is 5.12. The molecule has 25 heavy (non-hydrogen) atoms. The molecule has 0 aliphatic heterocycles. The first kappa shape index (κ1) is 17.2. The van der Waals surface area contributed by atoms with Gasteiger partial charge in [-0.25, -0.2) is 4.98 Å². The molecule has 0 radical (unpaired) electrons. The summed E-state index contributed by atoms with van der Waals surface area (Å²) in [5.74, 6) is 0.846. The lowest BCUT2D eigenvalue weighted by Gasteiger charge is -2.20. The molecule has 0 spiro atoms. The Bertz CT molecular complexity index is 863. The fourth-order valence-corrected chi connectivity index (χ4v) is 2.57. The normalized spacial score (nSPS) is 12.6. The summed E-state index contributed by atoms with van der Waals surface area (Å²) in [5.41, 5.74) is 0.299. The maximum atomic E-state index is 12.7. The van der Waals surface area contributed by atoms with E-state index < -0.39 is 17.2 Å². The number of aromatic nitrogens is 4. The fourth-order valence-electron chi connectivity index (χ4n) is 2.57. The predicted octanol–water partition coefficient (Wildman–Crippen LogP) is 4.01. The summed E-state index contributed by atoms with van der Waals surface area (Å²) in [7, 11) is 1.83. The van der Waals surface area contributed by atoms with E-state index >= 15 is 0 Å². The fraction of sp³-hybridized carbons (Fsp3) is 0.353. The van der Waals surface area contributed by atoms with E-state index in [1.807, 2.05) is 20.9 Å². The number of hydrogen-bond donors (Lipinski definition) is 0. The van der Waals surface area contributed by atoms with E-state index in [0.717, 1.165) is 23.4 Å². The lowest BCUT2D eigenvalue weighted by Crippen LogP contribution is -2.21. The Morgan fingerprint density at radius 3 is 2.36 bits per heavy atom. The van der Waals surface area contributed by atoms with Gasteiger partial charge in [-0.2, -0.15) is 18.2 Å². The van der Waals surface area contributed by atoms with Crippen molar-refractivity contribution in [2.45, 2.75) is 31.9 Å². The highest BCUT2D eigenvalue weighted by molar-refractivity contribution is 5.47. The third-order valence-corrected chi connectivity index (χ3v) is 3.98. The zero-order valence-electron chi connectivity index (χ0n) is 14.0. The van der Waals surface area contributed by atoms with Crippen molar-refractivity contribution >= 4 is 0 Å². The van der Waals surface area contributed by atoms with E-state index in [1.54, 1.807) is 17.1 Å². The molecule has 3 aromatic rings. The second-order valence-electron chi connectivity index (χ2n) is 6.57. The topological polar surface area (TPSA) is 56.7 Å². The Balaban J connectivity index is 1.80. The zero-order chi connectivity index (χ0) is 18.2. The average molecular weight is 350 g/mol. The predicted molar refractivity (Wildman–Crippen MR) is 84.7 cm³/mol. The highest BCUT2D eigenvalue weighted by atomic mass is 19.4. The van der Waals surface area contributed by atoms with E-state index in [-0.39, 0.29) is 0 Å². The van der Waals surface area contributed by atoms with Crippen LogP contribution in [0, 0.1) is 0 Å². The number of imidazole rings is 1. The third-order valence-electron chi connectivity index (χ3n) is 3.98. The van der Waals surface area contributed by atoms with E-state index in [9.17, 15) is 13.2 Å². The first-order valence-corrected chi connectivity index (χ1v) is 7.64. The van der Waals surface area contributed by atoms with Crippen molar-refractivity contribution in [1.29, 1.82) is 0 Å². The summed E-state index contributed by atoms with van der Waals surface area (Å²) in [5, 5.41) is 3.98. The highest BCUT2D eigenvalue weighted by Crippen LogP contribution is 2.31. The Morgan fingerprint density at radius 1 is 1.12 bits per heavy atom. The summed E-state index contributed by atoms with van der Waals surface area (Å²) in [4.78, 5) is 8.43. The van der Waals surface area contributed by atoms with Gasteiger partial charge in [0.1, 0.15) is 5.69 Å². The molecule has 0 saturated carbocycles. The van der Waals surface area contributed by atoms with Crippen LogP contribution >= 0.6 is 0 Å². The third kappa shape index (κ3) is 3.57. The molecule has 0 aliphatic rings. The molecule has 3 rings (SSSR count). The highest BCUT2D eigenvalue weighted by Gasteiger charge is 2.31. The minimum absolute atomic E-state index is 0.420. The van der Waals surface area contributed by atoms with Crippen molar-refractivity contribution in [2.24, 2.45) is 7.05 Å². The van der Waals surface area contributed by atoms with Crippen molar-refractivity contribution < 1.29 is 17.7 Å². The maximum absolute atomic E-state index is 12.7. The molecule has 0 fully saturated rings. The zero-order valence-corrected chi connectivity index (χ0v) is 14.0. The Labute approximate surface area is 142 Å². The van der Waals surface area contributed by atoms with Crippen LogP contribution in [-0.2, 0) is 25.1 Å². The van der Waals surface area contributed by atoms with Crippen LogP contribution in [0.5, 0.6) is 0 Å². The molecule has 2 heterocycles. The first-order chi connectivity index (χ1) is 11.7. The Kier molecular flexibility index (Phi) is 4.14. The number of benzene rings is 1. The molecule has 5 nitrogen and oxygen atoms in total. The van der Waals surface area contributed by atoms with Crippen molar-refractivity contribution in [3.05, 3.63) is 53.8 Å². The van der Waals surface area contributed by atoms with Crippen LogP contribution < -0.4 is 0 Å². The van der Waals surface area contributed by atoms with Gasteiger partial charge in [-0.1, -0.05) is 31.1 Å². The van der Waals surface area contributed by atoms with E-state index in [2.05, 4.69) is 15.1 Å². The number of aryl methyl sites for hydroxylation is 1. The second kappa shape index (κ2) is 6.02. The number of hydrogen-bond acceptors (Lipinski definition) is 4. The van der Waals surface area contributed by atoms with Crippen LogP contribution in [0.3, 0.4) is 0 Å². The SMILES string of the molecule is Cn1cncc1-c1noc(C(C)(C)Cc2ccc(C(F)(F)F)cc2)n1. The summed E-state index contributed by atoms with van der Waals surface area (Å²) < 4.78 is 45.1. The molecule has 0 bridgehead atoms. The summed E-state index contributed by atoms with van der Waals surface area (Å²) in [6.45, 7) is 3.82. The van der Waals surface area contributed by atoms with Gasteiger partial charge < -0.3 is 9.09 Å². The van der Waals surface area contributed by atoms with Gasteiger partial charge in [0.15, 0.2) is 0 Å². The van der Waals surface area contributed by atoms with E-state index in [1.165, 1.54) is 12.1 Å². The molecule has 0 saturated heterocycles. The molecular weight excluding hydrogens is 333 g/mol. The van der Waals surface area contributed by atoms with Gasteiger partial charge in [-0.05, 0) is 24.1 Å². The minimum Gasteiger partial charge on any atom is -0.338 e. The molecule has 8 heteroatoms. The van der Waals surface area contributed by atoms with Crippen LogP contribution in [0.15, 0.2) is 41.3 Å². The first-order valence-electron chi connectivity index (χ1n) is 7.64. The van der Waals surface area contributed by atoms with Crippen molar-refractivity contribution in [3.8, 4) is 11.5 Å². The van der Waals surface area contributed by atoms with E-state index in [4.69, 9.17) is 4.52 Å². The molecule has 0 aliphatic carbocycles. The van der Waals surface area contributed by atoms with Crippen LogP contribution in [0.1, 0.15) is 30.9 Å². The quantitative estimate of drug-likeness (QED) is 0.713. The molecule has 0 unspecified atom stereocenters. The molecule has 132 valence electrons. The minimum atomic E-state index is -4.33. The number of alkyl halides is 3. The largest absolute Gasteiger partial charge is 0.416 e. The summed E-state index contributed by atoms with van der Waals surface area (Å²) >= 11 is 0. The van der Waals surface area contributed by atoms with Gasteiger partial charge in [-0.3, -0.25) is 0 Å². The smallest absolute Gasteiger partial charge is 0.338 e.